The van der Waals surface area contributed by atoms with Gasteiger partial charge in [0.15, 0.2) is 0 Å². The number of benzene rings is 4. The highest BCUT2D eigenvalue weighted by atomic mass is 14.9. The molecule has 0 saturated carbocycles. The molecule has 4 aromatic rings. The average molecular weight is 333 g/mol. The molecule has 0 atom stereocenters. The topological polar surface area (TPSA) is 12.0 Å². The van der Waals surface area contributed by atoms with E-state index >= 15 is 0 Å². The van der Waals surface area contributed by atoms with Crippen molar-refractivity contribution in [2.45, 2.75) is 6.42 Å². The van der Waals surface area contributed by atoms with Crippen molar-refractivity contribution in [1.82, 2.24) is 0 Å². The SMILES string of the molecule is c1ccc(Nc2ccc(-c3ccc4c(c3)Cc3ccccc3-4)cc2)cc1. The van der Waals surface area contributed by atoms with Crippen molar-refractivity contribution in [3.63, 3.8) is 0 Å². The van der Waals surface area contributed by atoms with Crippen molar-refractivity contribution in [1.29, 1.82) is 0 Å². The van der Waals surface area contributed by atoms with Crippen LogP contribution in [0.5, 0.6) is 0 Å². The number of hydrogen-bond acceptors (Lipinski definition) is 1. The quantitative estimate of drug-likeness (QED) is 0.389. The van der Waals surface area contributed by atoms with Crippen LogP contribution in [-0.4, -0.2) is 0 Å². The molecular formula is C25H19N. The summed E-state index contributed by atoms with van der Waals surface area (Å²) in [5.41, 5.74) is 10.4. The normalized spacial score (nSPS) is 11.7. The summed E-state index contributed by atoms with van der Waals surface area (Å²) in [5, 5.41) is 3.44. The summed E-state index contributed by atoms with van der Waals surface area (Å²) in [6, 6.07) is 34.5. The maximum atomic E-state index is 3.44. The minimum atomic E-state index is 1.03. The van der Waals surface area contributed by atoms with E-state index in [-0.39, 0.29) is 0 Å². The van der Waals surface area contributed by atoms with Gasteiger partial charge in [0, 0.05) is 11.4 Å². The van der Waals surface area contributed by atoms with E-state index < -0.39 is 0 Å². The van der Waals surface area contributed by atoms with Crippen molar-refractivity contribution in [2.75, 3.05) is 5.32 Å². The lowest BCUT2D eigenvalue weighted by atomic mass is 9.99. The molecule has 0 bridgehead atoms. The first-order valence-electron chi connectivity index (χ1n) is 9.00. The van der Waals surface area contributed by atoms with Crippen LogP contribution in [0.4, 0.5) is 11.4 Å². The van der Waals surface area contributed by atoms with Crippen LogP contribution in [0.2, 0.25) is 0 Å². The van der Waals surface area contributed by atoms with Crippen LogP contribution in [0.3, 0.4) is 0 Å². The molecule has 124 valence electrons. The van der Waals surface area contributed by atoms with Crippen molar-refractivity contribution in [3.8, 4) is 22.3 Å². The molecule has 1 nitrogen and oxygen atoms in total. The lowest BCUT2D eigenvalue weighted by Gasteiger charge is -2.09. The van der Waals surface area contributed by atoms with Crippen LogP contribution in [0.15, 0.2) is 97.1 Å². The number of hydrogen-bond donors (Lipinski definition) is 1. The summed E-state index contributed by atoms with van der Waals surface area (Å²) in [5.74, 6) is 0. The van der Waals surface area contributed by atoms with E-state index in [1.165, 1.54) is 33.4 Å². The van der Waals surface area contributed by atoms with Gasteiger partial charge >= 0.3 is 0 Å². The fraction of sp³-hybridized carbons (Fsp3) is 0.0400. The van der Waals surface area contributed by atoms with Gasteiger partial charge in [-0.05, 0) is 64.1 Å². The average Bonchev–Trinajstić information content (AvgIpc) is 3.07. The number of para-hydroxylation sites is 1. The molecule has 1 aliphatic rings. The maximum Gasteiger partial charge on any atom is 0.0384 e. The zero-order chi connectivity index (χ0) is 17.3. The number of rotatable bonds is 3. The van der Waals surface area contributed by atoms with Gasteiger partial charge in [0.1, 0.15) is 0 Å². The lowest BCUT2D eigenvalue weighted by molar-refractivity contribution is 1.26. The van der Waals surface area contributed by atoms with Gasteiger partial charge in [-0.25, -0.2) is 0 Å². The van der Waals surface area contributed by atoms with E-state index in [9.17, 15) is 0 Å². The first-order chi connectivity index (χ1) is 12.9. The highest BCUT2D eigenvalue weighted by Gasteiger charge is 2.17. The summed E-state index contributed by atoms with van der Waals surface area (Å²) in [6.07, 6.45) is 1.03. The van der Waals surface area contributed by atoms with Crippen molar-refractivity contribution < 1.29 is 0 Å². The molecule has 26 heavy (non-hydrogen) atoms. The second-order valence-corrected chi connectivity index (χ2v) is 6.77. The second kappa shape index (κ2) is 6.20. The Kier molecular flexibility index (Phi) is 3.57. The Morgan fingerprint density at radius 3 is 2.00 bits per heavy atom. The fourth-order valence-electron chi connectivity index (χ4n) is 3.76. The predicted molar refractivity (Wildman–Crippen MR) is 110 cm³/mol. The van der Waals surface area contributed by atoms with Crippen LogP contribution in [0, 0.1) is 0 Å². The molecule has 1 N–H and O–H groups in total. The molecule has 0 amide bonds. The van der Waals surface area contributed by atoms with E-state index in [1.54, 1.807) is 0 Å². The molecule has 0 unspecified atom stereocenters. The van der Waals surface area contributed by atoms with Crippen LogP contribution >= 0.6 is 0 Å². The Balaban J connectivity index is 1.42. The summed E-state index contributed by atoms with van der Waals surface area (Å²) < 4.78 is 0. The third-order valence-electron chi connectivity index (χ3n) is 5.07. The molecule has 0 saturated heterocycles. The third kappa shape index (κ3) is 2.68. The summed E-state index contributed by atoms with van der Waals surface area (Å²) in [6.45, 7) is 0. The van der Waals surface area contributed by atoms with Gasteiger partial charge in [-0.1, -0.05) is 72.8 Å². The van der Waals surface area contributed by atoms with Crippen LogP contribution < -0.4 is 5.32 Å². The number of nitrogens with one attached hydrogen (secondary N) is 1. The van der Waals surface area contributed by atoms with E-state index in [1.807, 2.05) is 18.2 Å². The highest BCUT2D eigenvalue weighted by Crippen LogP contribution is 2.38. The Morgan fingerprint density at radius 1 is 0.500 bits per heavy atom. The van der Waals surface area contributed by atoms with E-state index in [2.05, 4.69) is 84.2 Å². The molecular weight excluding hydrogens is 314 g/mol. The zero-order valence-electron chi connectivity index (χ0n) is 14.4. The molecule has 4 aromatic carbocycles. The van der Waals surface area contributed by atoms with Gasteiger partial charge in [-0.15, -0.1) is 0 Å². The summed E-state index contributed by atoms with van der Waals surface area (Å²) in [4.78, 5) is 0. The minimum Gasteiger partial charge on any atom is -0.356 e. The molecule has 5 rings (SSSR count). The predicted octanol–water partition coefficient (Wildman–Crippen LogP) is 6.67. The van der Waals surface area contributed by atoms with Gasteiger partial charge in [-0.3, -0.25) is 0 Å². The minimum absolute atomic E-state index is 1.03. The number of anilines is 2. The molecule has 0 aliphatic heterocycles. The summed E-state index contributed by atoms with van der Waals surface area (Å²) in [7, 11) is 0. The maximum absolute atomic E-state index is 3.44. The molecule has 0 fully saturated rings. The first-order valence-corrected chi connectivity index (χ1v) is 9.00. The van der Waals surface area contributed by atoms with Crippen molar-refractivity contribution in [3.05, 3.63) is 108 Å². The Bertz CT molecular complexity index is 1060. The highest BCUT2D eigenvalue weighted by molar-refractivity contribution is 5.80. The first kappa shape index (κ1) is 15.0. The van der Waals surface area contributed by atoms with E-state index in [0.717, 1.165) is 17.8 Å². The zero-order valence-corrected chi connectivity index (χ0v) is 14.4. The van der Waals surface area contributed by atoms with Crippen LogP contribution in [-0.2, 0) is 6.42 Å². The molecule has 0 heterocycles. The van der Waals surface area contributed by atoms with E-state index in [4.69, 9.17) is 0 Å². The second-order valence-electron chi connectivity index (χ2n) is 6.77. The molecule has 1 aliphatic carbocycles. The third-order valence-corrected chi connectivity index (χ3v) is 5.07. The molecule has 0 spiro atoms. The van der Waals surface area contributed by atoms with Gasteiger partial charge in [0.05, 0.1) is 0 Å². The Labute approximate surface area is 154 Å². The largest absolute Gasteiger partial charge is 0.356 e. The smallest absolute Gasteiger partial charge is 0.0384 e. The lowest BCUT2D eigenvalue weighted by Crippen LogP contribution is -1.89. The Morgan fingerprint density at radius 2 is 1.15 bits per heavy atom. The molecule has 0 aromatic heterocycles. The summed E-state index contributed by atoms with van der Waals surface area (Å²) >= 11 is 0. The Hall–Kier alpha value is -3.32. The van der Waals surface area contributed by atoms with E-state index in [0.29, 0.717) is 0 Å². The fourth-order valence-corrected chi connectivity index (χ4v) is 3.76. The molecule has 1 heteroatoms. The van der Waals surface area contributed by atoms with Gasteiger partial charge in [-0.2, -0.15) is 0 Å². The molecule has 0 radical (unpaired) electrons. The van der Waals surface area contributed by atoms with Gasteiger partial charge in [0.2, 0.25) is 0 Å². The van der Waals surface area contributed by atoms with Crippen molar-refractivity contribution >= 4 is 11.4 Å². The standard InChI is InChI=1S/C25H19N/c1-2-7-22(8-3-1)26-23-13-10-18(11-14-23)19-12-15-25-21(16-19)17-20-6-4-5-9-24(20)25/h1-16,26H,17H2. The van der Waals surface area contributed by atoms with Crippen LogP contribution in [0.1, 0.15) is 11.1 Å². The number of fused-ring (bicyclic) bond motifs is 3. The van der Waals surface area contributed by atoms with Gasteiger partial charge < -0.3 is 5.32 Å². The van der Waals surface area contributed by atoms with Crippen LogP contribution in [0.25, 0.3) is 22.3 Å². The van der Waals surface area contributed by atoms with Gasteiger partial charge in [0.25, 0.3) is 0 Å². The van der Waals surface area contributed by atoms with Crippen molar-refractivity contribution in [2.24, 2.45) is 0 Å². The monoisotopic (exact) mass is 333 g/mol.